The predicted octanol–water partition coefficient (Wildman–Crippen LogP) is 1.35. The number of hydrogen-bond donors (Lipinski definition) is 2. The third kappa shape index (κ3) is 2.05. The van der Waals surface area contributed by atoms with Crippen molar-refractivity contribution in [1.82, 2.24) is 10.6 Å². The lowest BCUT2D eigenvalue weighted by molar-refractivity contribution is -0.153. The largest absolute Gasteiger partial charge is 0.359 e. The van der Waals surface area contributed by atoms with Crippen molar-refractivity contribution in [2.24, 2.45) is 11.3 Å². The van der Waals surface area contributed by atoms with Crippen LogP contribution in [0, 0.1) is 11.3 Å². The average Bonchev–Trinajstić information content (AvgIpc) is 2.59. The predicted molar refractivity (Wildman–Crippen MR) is 61.7 cm³/mol. The molecule has 2 heterocycles. The Labute approximate surface area is 93.0 Å². The minimum atomic E-state index is -0.0789. The molecule has 2 aliphatic rings. The molecular weight excluding hydrogens is 188 g/mol. The van der Waals surface area contributed by atoms with Crippen LogP contribution < -0.4 is 10.6 Å². The highest BCUT2D eigenvalue weighted by Crippen LogP contribution is 2.35. The molecule has 0 bridgehead atoms. The van der Waals surface area contributed by atoms with Crippen molar-refractivity contribution in [3.8, 4) is 0 Å². The van der Waals surface area contributed by atoms with Gasteiger partial charge in [0.25, 0.3) is 0 Å². The molecule has 1 spiro atoms. The average molecular weight is 212 g/mol. The molecule has 2 fully saturated rings. The normalized spacial score (nSPS) is 40.2. The molecule has 2 aliphatic heterocycles. The Balaban J connectivity index is 2.12. The second kappa shape index (κ2) is 3.72. The maximum Gasteiger partial charge on any atom is 0.133 e. The van der Waals surface area contributed by atoms with Crippen LogP contribution in [0.3, 0.4) is 0 Å². The van der Waals surface area contributed by atoms with E-state index in [0.29, 0.717) is 12.0 Å². The van der Waals surface area contributed by atoms with Gasteiger partial charge in [-0.25, -0.2) is 0 Å². The van der Waals surface area contributed by atoms with E-state index < -0.39 is 0 Å². The fourth-order valence-electron chi connectivity index (χ4n) is 2.92. The van der Waals surface area contributed by atoms with E-state index in [0.717, 1.165) is 26.1 Å². The van der Waals surface area contributed by atoms with E-state index in [1.165, 1.54) is 0 Å². The van der Waals surface area contributed by atoms with E-state index in [-0.39, 0.29) is 11.1 Å². The summed E-state index contributed by atoms with van der Waals surface area (Å²) in [6.07, 6.45) is 1.09. The summed E-state index contributed by atoms with van der Waals surface area (Å²) in [6.45, 7) is 12.1. The standard InChI is InChI=1S/C12H24N2O/c1-9(2)10-11(3,4)8-15-12(14-10)5-6-13-7-12/h9-10,13-14H,5-8H2,1-4H3. The van der Waals surface area contributed by atoms with Gasteiger partial charge in [-0.15, -0.1) is 0 Å². The van der Waals surface area contributed by atoms with Gasteiger partial charge in [-0.1, -0.05) is 27.7 Å². The molecule has 2 N–H and O–H groups in total. The monoisotopic (exact) mass is 212 g/mol. The van der Waals surface area contributed by atoms with Gasteiger partial charge in [0.2, 0.25) is 0 Å². The zero-order chi connectivity index (χ0) is 11.1. The Bertz CT molecular complexity index is 232. The molecule has 0 aromatic heterocycles. The summed E-state index contributed by atoms with van der Waals surface area (Å²) in [5, 5.41) is 7.12. The lowest BCUT2D eigenvalue weighted by atomic mass is 9.77. The number of rotatable bonds is 1. The van der Waals surface area contributed by atoms with Crippen LogP contribution in [0.1, 0.15) is 34.1 Å². The quantitative estimate of drug-likeness (QED) is 0.688. The molecule has 2 atom stereocenters. The summed E-state index contributed by atoms with van der Waals surface area (Å²) in [5.41, 5.74) is 0.159. The van der Waals surface area contributed by atoms with Crippen molar-refractivity contribution in [1.29, 1.82) is 0 Å². The zero-order valence-corrected chi connectivity index (χ0v) is 10.4. The Kier molecular flexibility index (Phi) is 2.82. The fraction of sp³-hybridized carbons (Fsp3) is 1.00. The Morgan fingerprint density at radius 1 is 1.33 bits per heavy atom. The highest BCUT2D eigenvalue weighted by atomic mass is 16.5. The summed E-state index contributed by atoms with van der Waals surface area (Å²) in [5.74, 6) is 0.654. The summed E-state index contributed by atoms with van der Waals surface area (Å²) in [6, 6.07) is 0.547. The number of hydrogen-bond acceptors (Lipinski definition) is 3. The van der Waals surface area contributed by atoms with Gasteiger partial charge < -0.3 is 10.1 Å². The number of ether oxygens (including phenoxy) is 1. The van der Waals surface area contributed by atoms with Crippen molar-refractivity contribution >= 4 is 0 Å². The molecule has 88 valence electrons. The van der Waals surface area contributed by atoms with Gasteiger partial charge in [-0.3, -0.25) is 5.32 Å². The van der Waals surface area contributed by atoms with Crippen LogP contribution in [0.4, 0.5) is 0 Å². The first-order valence-corrected chi connectivity index (χ1v) is 6.08. The third-order valence-electron chi connectivity index (χ3n) is 3.76. The van der Waals surface area contributed by atoms with E-state index in [2.05, 4.69) is 38.3 Å². The molecule has 2 saturated heterocycles. The van der Waals surface area contributed by atoms with E-state index in [1.54, 1.807) is 0 Å². The maximum atomic E-state index is 6.05. The molecular formula is C12H24N2O. The highest BCUT2D eigenvalue weighted by molar-refractivity contribution is 4.99. The fourth-order valence-corrected chi connectivity index (χ4v) is 2.92. The topological polar surface area (TPSA) is 33.3 Å². The van der Waals surface area contributed by atoms with Crippen LogP contribution in [-0.4, -0.2) is 31.5 Å². The van der Waals surface area contributed by atoms with E-state index in [1.807, 2.05) is 0 Å². The van der Waals surface area contributed by atoms with E-state index in [4.69, 9.17) is 4.74 Å². The zero-order valence-electron chi connectivity index (χ0n) is 10.4. The SMILES string of the molecule is CC(C)C1NC2(CCNC2)OCC1(C)C. The Hall–Kier alpha value is -0.120. The summed E-state index contributed by atoms with van der Waals surface area (Å²) < 4.78 is 6.05. The summed E-state index contributed by atoms with van der Waals surface area (Å²) in [7, 11) is 0. The van der Waals surface area contributed by atoms with E-state index in [9.17, 15) is 0 Å². The van der Waals surface area contributed by atoms with Crippen LogP contribution in [0.25, 0.3) is 0 Å². The smallest absolute Gasteiger partial charge is 0.133 e. The van der Waals surface area contributed by atoms with Crippen LogP contribution >= 0.6 is 0 Å². The first-order valence-electron chi connectivity index (χ1n) is 6.08. The van der Waals surface area contributed by atoms with Gasteiger partial charge in [0.15, 0.2) is 0 Å². The molecule has 2 rings (SSSR count). The molecule has 3 nitrogen and oxygen atoms in total. The molecule has 0 amide bonds. The maximum absolute atomic E-state index is 6.05. The lowest BCUT2D eigenvalue weighted by Gasteiger charge is -2.49. The van der Waals surface area contributed by atoms with Crippen molar-refractivity contribution in [3.63, 3.8) is 0 Å². The highest BCUT2D eigenvalue weighted by Gasteiger charge is 2.47. The molecule has 0 radical (unpaired) electrons. The van der Waals surface area contributed by atoms with Crippen molar-refractivity contribution < 1.29 is 4.74 Å². The first kappa shape index (κ1) is 11.4. The summed E-state index contributed by atoms with van der Waals surface area (Å²) >= 11 is 0. The lowest BCUT2D eigenvalue weighted by Crippen LogP contribution is -2.65. The molecule has 15 heavy (non-hydrogen) atoms. The van der Waals surface area contributed by atoms with Gasteiger partial charge in [-0.05, 0) is 12.5 Å². The van der Waals surface area contributed by atoms with Crippen molar-refractivity contribution in [2.75, 3.05) is 19.7 Å². The van der Waals surface area contributed by atoms with Crippen LogP contribution in [0.15, 0.2) is 0 Å². The first-order chi connectivity index (χ1) is 6.95. The molecule has 0 saturated carbocycles. The van der Waals surface area contributed by atoms with Gasteiger partial charge in [0.05, 0.1) is 6.61 Å². The summed E-state index contributed by atoms with van der Waals surface area (Å²) in [4.78, 5) is 0. The van der Waals surface area contributed by atoms with Crippen molar-refractivity contribution in [2.45, 2.75) is 45.9 Å². The Morgan fingerprint density at radius 3 is 2.60 bits per heavy atom. The number of nitrogens with one attached hydrogen (secondary N) is 2. The minimum Gasteiger partial charge on any atom is -0.359 e. The van der Waals surface area contributed by atoms with Gasteiger partial charge in [-0.2, -0.15) is 0 Å². The van der Waals surface area contributed by atoms with E-state index >= 15 is 0 Å². The van der Waals surface area contributed by atoms with Crippen LogP contribution in [0.2, 0.25) is 0 Å². The van der Waals surface area contributed by atoms with Gasteiger partial charge >= 0.3 is 0 Å². The second-order valence-electron chi connectivity index (χ2n) is 6.06. The molecule has 0 aromatic rings. The molecule has 0 aliphatic carbocycles. The molecule has 3 heteroatoms. The molecule has 0 aromatic carbocycles. The van der Waals surface area contributed by atoms with Gasteiger partial charge in [0, 0.05) is 24.4 Å². The Morgan fingerprint density at radius 2 is 2.07 bits per heavy atom. The van der Waals surface area contributed by atoms with Crippen LogP contribution in [-0.2, 0) is 4.74 Å². The second-order valence-corrected chi connectivity index (χ2v) is 6.06. The molecule has 2 unspecified atom stereocenters. The third-order valence-corrected chi connectivity index (χ3v) is 3.76. The minimum absolute atomic E-state index is 0.0789. The van der Waals surface area contributed by atoms with Crippen molar-refractivity contribution in [3.05, 3.63) is 0 Å². The van der Waals surface area contributed by atoms with Crippen LogP contribution in [0.5, 0.6) is 0 Å². The van der Waals surface area contributed by atoms with Gasteiger partial charge in [0.1, 0.15) is 5.72 Å².